The van der Waals surface area contributed by atoms with Gasteiger partial charge in [0.1, 0.15) is 0 Å². The molecule has 0 amide bonds. The third-order valence-corrected chi connectivity index (χ3v) is 2.49. The van der Waals surface area contributed by atoms with Gasteiger partial charge in [0, 0.05) is 12.5 Å². The van der Waals surface area contributed by atoms with Gasteiger partial charge in [0.25, 0.3) is 0 Å². The summed E-state index contributed by atoms with van der Waals surface area (Å²) in [5.41, 5.74) is 0. The largest absolute Gasteiger partial charge is 0.403 e. The first kappa shape index (κ1) is 13.6. The summed E-state index contributed by atoms with van der Waals surface area (Å²) in [6, 6.07) is 0. The Morgan fingerprint density at radius 3 is 1.88 bits per heavy atom. The van der Waals surface area contributed by atoms with Crippen LogP contribution in [-0.4, -0.2) is 36.8 Å². The van der Waals surface area contributed by atoms with Gasteiger partial charge in [-0.25, -0.2) is 0 Å². The van der Waals surface area contributed by atoms with Crippen molar-refractivity contribution < 1.29 is 36.2 Å². The first-order valence-electron chi connectivity index (χ1n) is 4.53. The lowest BCUT2D eigenvalue weighted by molar-refractivity contribution is -0.311. The summed E-state index contributed by atoms with van der Waals surface area (Å²) >= 11 is 0. The maximum Gasteiger partial charge on any atom is 0.403 e. The number of rotatable bonds is 2. The zero-order valence-corrected chi connectivity index (χ0v) is 7.98. The Bertz CT molecular complexity index is 216. The third-order valence-electron chi connectivity index (χ3n) is 2.49. The number of aliphatic hydroxyl groups excluding tert-OH is 1. The van der Waals surface area contributed by atoms with E-state index in [0.29, 0.717) is 0 Å². The highest BCUT2D eigenvalue weighted by atomic mass is 19.4. The lowest BCUT2D eigenvalue weighted by atomic mass is 9.89. The average Bonchev–Trinajstić information content (AvgIpc) is 2.48. The molecule has 1 aliphatic heterocycles. The minimum absolute atomic E-state index is 0.00380. The third kappa shape index (κ3) is 3.00. The predicted molar refractivity (Wildman–Crippen MR) is 40.5 cm³/mol. The molecule has 2 atom stereocenters. The first-order valence-corrected chi connectivity index (χ1v) is 4.53. The lowest BCUT2D eigenvalue weighted by Crippen LogP contribution is -2.48. The molecule has 1 rings (SSSR count). The van der Waals surface area contributed by atoms with Gasteiger partial charge in [0.2, 0.25) is 0 Å². The van der Waals surface area contributed by atoms with Crippen LogP contribution in [-0.2, 0) is 4.74 Å². The number of halogens is 6. The second-order valence-electron chi connectivity index (χ2n) is 3.68. The molecule has 1 saturated heterocycles. The van der Waals surface area contributed by atoms with Gasteiger partial charge in [-0.1, -0.05) is 0 Å². The Balaban J connectivity index is 2.84. The van der Waals surface area contributed by atoms with E-state index in [1.807, 2.05) is 0 Å². The predicted octanol–water partition coefficient (Wildman–Crippen LogP) is 2.12. The van der Waals surface area contributed by atoms with E-state index < -0.39 is 30.3 Å². The fraction of sp³-hybridized carbons (Fsp3) is 1.00. The van der Waals surface area contributed by atoms with E-state index >= 15 is 0 Å². The summed E-state index contributed by atoms with van der Waals surface area (Å²) < 4.78 is 77.9. The summed E-state index contributed by atoms with van der Waals surface area (Å²) in [5, 5.41) is 9.16. The minimum Gasteiger partial charge on any atom is -0.392 e. The second-order valence-corrected chi connectivity index (χ2v) is 3.68. The number of alkyl halides is 6. The van der Waals surface area contributed by atoms with Gasteiger partial charge in [-0.05, 0) is 6.42 Å². The molecule has 1 N–H and O–H groups in total. The topological polar surface area (TPSA) is 29.5 Å². The van der Waals surface area contributed by atoms with Gasteiger partial charge in [0.15, 0.2) is 5.92 Å². The van der Waals surface area contributed by atoms with Crippen LogP contribution in [0.1, 0.15) is 6.42 Å². The van der Waals surface area contributed by atoms with E-state index in [4.69, 9.17) is 5.11 Å². The number of aliphatic hydroxyl groups is 1. The molecule has 0 aromatic rings. The van der Waals surface area contributed by atoms with Crippen molar-refractivity contribution in [3.63, 3.8) is 0 Å². The zero-order valence-electron chi connectivity index (χ0n) is 7.98. The highest BCUT2D eigenvalue weighted by Gasteiger charge is 2.61. The van der Waals surface area contributed by atoms with Crippen molar-refractivity contribution in [2.24, 2.45) is 11.8 Å². The maximum atomic E-state index is 12.2. The van der Waals surface area contributed by atoms with E-state index in [1.54, 1.807) is 0 Å². The van der Waals surface area contributed by atoms with Crippen molar-refractivity contribution in [2.45, 2.75) is 24.9 Å². The number of hydrogen-bond acceptors (Lipinski definition) is 2. The monoisotopic (exact) mass is 252 g/mol. The fourth-order valence-corrected chi connectivity index (χ4v) is 1.67. The van der Waals surface area contributed by atoms with Crippen LogP contribution < -0.4 is 0 Å². The molecule has 0 saturated carbocycles. The Morgan fingerprint density at radius 2 is 1.56 bits per heavy atom. The number of hydrogen-bond donors (Lipinski definition) is 1. The van der Waals surface area contributed by atoms with E-state index in [9.17, 15) is 26.3 Å². The van der Waals surface area contributed by atoms with Crippen LogP contribution in [0.2, 0.25) is 0 Å². The summed E-state index contributed by atoms with van der Waals surface area (Å²) in [7, 11) is 0. The average molecular weight is 252 g/mol. The van der Waals surface area contributed by atoms with Crippen LogP contribution in [0.15, 0.2) is 0 Å². The van der Waals surface area contributed by atoms with Crippen LogP contribution in [0, 0.1) is 11.8 Å². The van der Waals surface area contributed by atoms with Gasteiger partial charge in [0.05, 0.1) is 12.7 Å². The van der Waals surface area contributed by atoms with Gasteiger partial charge in [-0.2, -0.15) is 26.3 Å². The minimum atomic E-state index is -5.50. The van der Waals surface area contributed by atoms with E-state index in [-0.39, 0.29) is 19.6 Å². The SMILES string of the molecule is OC(C1CCOC1)C(C(F)(F)F)C(F)(F)F. The summed E-state index contributed by atoms with van der Waals surface area (Å²) in [4.78, 5) is 0. The van der Waals surface area contributed by atoms with Crippen molar-refractivity contribution in [3.05, 3.63) is 0 Å². The molecule has 1 fully saturated rings. The van der Waals surface area contributed by atoms with Crippen molar-refractivity contribution in [3.8, 4) is 0 Å². The standard InChI is InChI=1S/C8H10F6O2/c9-7(10,11)6(8(12,13)14)5(15)4-1-2-16-3-4/h4-6,15H,1-3H2. The van der Waals surface area contributed by atoms with Crippen LogP contribution in [0.4, 0.5) is 26.3 Å². The van der Waals surface area contributed by atoms with Gasteiger partial charge < -0.3 is 9.84 Å². The molecule has 2 unspecified atom stereocenters. The van der Waals surface area contributed by atoms with Gasteiger partial charge in [-0.15, -0.1) is 0 Å². The quantitative estimate of drug-likeness (QED) is 0.763. The Hall–Kier alpha value is -0.500. The summed E-state index contributed by atoms with van der Waals surface area (Å²) in [6.07, 6.45) is -13.5. The van der Waals surface area contributed by atoms with Crippen molar-refractivity contribution in [1.82, 2.24) is 0 Å². The molecule has 0 aromatic heterocycles. The summed E-state index contributed by atoms with van der Waals surface area (Å²) in [6.45, 7) is -0.200. The molecule has 0 aromatic carbocycles. The summed E-state index contributed by atoms with van der Waals surface area (Å²) in [5.74, 6) is -4.82. The van der Waals surface area contributed by atoms with Crippen molar-refractivity contribution in [2.75, 3.05) is 13.2 Å². The Morgan fingerprint density at radius 1 is 1.06 bits per heavy atom. The Kier molecular flexibility index (Phi) is 3.73. The van der Waals surface area contributed by atoms with E-state index in [2.05, 4.69) is 4.74 Å². The van der Waals surface area contributed by atoms with Crippen LogP contribution >= 0.6 is 0 Å². The molecule has 2 nitrogen and oxygen atoms in total. The molecule has 8 heteroatoms. The van der Waals surface area contributed by atoms with Crippen LogP contribution in [0.25, 0.3) is 0 Å². The lowest BCUT2D eigenvalue weighted by Gasteiger charge is -2.30. The molecule has 1 heterocycles. The highest BCUT2D eigenvalue weighted by Crippen LogP contribution is 2.44. The first-order chi connectivity index (χ1) is 7.14. The number of ether oxygens (including phenoxy) is 1. The molecule has 16 heavy (non-hydrogen) atoms. The highest BCUT2D eigenvalue weighted by molar-refractivity contribution is 4.87. The molecule has 0 bridgehead atoms. The molecule has 1 aliphatic rings. The molecular formula is C8H10F6O2. The van der Waals surface area contributed by atoms with Crippen LogP contribution in [0.5, 0.6) is 0 Å². The van der Waals surface area contributed by atoms with Gasteiger partial charge in [-0.3, -0.25) is 0 Å². The van der Waals surface area contributed by atoms with E-state index in [1.165, 1.54) is 0 Å². The fourth-order valence-electron chi connectivity index (χ4n) is 1.67. The second kappa shape index (κ2) is 4.40. The van der Waals surface area contributed by atoms with Crippen molar-refractivity contribution in [1.29, 1.82) is 0 Å². The van der Waals surface area contributed by atoms with Crippen LogP contribution in [0.3, 0.4) is 0 Å². The normalized spacial score (nSPS) is 25.1. The molecule has 0 spiro atoms. The van der Waals surface area contributed by atoms with Gasteiger partial charge >= 0.3 is 12.4 Å². The molecule has 0 radical (unpaired) electrons. The van der Waals surface area contributed by atoms with Crippen molar-refractivity contribution >= 4 is 0 Å². The molecular weight excluding hydrogens is 242 g/mol. The Labute approximate surface area is 87.2 Å². The van der Waals surface area contributed by atoms with E-state index in [0.717, 1.165) is 0 Å². The smallest absolute Gasteiger partial charge is 0.392 e. The zero-order chi connectivity index (χ0) is 12.6. The maximum absolute atomic E-state index is 12.2. The molecule has 96 valence electrons. The molecule has 0 aliphatic carbocycles.